The van der Waals surface area contributed by atoms with Crippen LogP contribution in [0, 0.1) is 17.8 Å². The average Bonchev–Trinajstić information content (AvgIpc) is 2.46. The van der Waals surface area contributed by atoms with Crippen LogP contribution in [0.3, 0.4) is 0 Å². The maximum absolute atomic E-state index is 9.01. The second kappa shape index (κ2) is 1.68. The van der Waals surface area contributed by atoms with Crippen molar-refractivity contribution in [2.45, 2.75) is 6.29 Å². The van der Waals surface area contributed by atoms with Crippen LogP contribution >= 0.6 is 0 Å². The third-order valence-electron chi connectivity index (χ3n) is 2.40. The summed E-state index contributed by atoms with van der Waals surface area (Å²) in [6.45, 7) is 0.840. The van der Waals surface area contributed by atoms with Crippen LogP contribution in [-0.2, 0) is 4.74 Å². The molecule has 1 saturated heterocycles. The van der Waals surface area contributed by atoms with Crippen molar-refractivity contribution in [2.75, 3.05) is 13.2 Å². The summed E-state index contributed by atoms with van der Waals surface area (Å²) in [4.78, 5) is 0. The fourth-order valence-electron chi connectivity index (χ4n) is 1.71. The number of aliphatic hydroxyl groups is 2. The lowest BCUT2D eigenvalue weighted by Gasteiger charge is -2.05. The molecule has 0 bridgehead atoms. The van der Waals surface area contributed by atoms with E-state index in [0.29, 0.717) is 18.4 Å². The van der Waals surface area contributed by atoms with Crippen LogP contribution in [0.15, 0.2) is 0 Å². The summed E-state index contributed by atoms with van der Waals surface area (Å²) in [5, 5.41) is 17.7. The molecule has 0 aromatic carbocycles. The zero-order chi connectivity index (χ0) is 6.43. The molecule has 2 fully saturated rings. The summed E-state index contributed by atoms with van der Waals surface area (Å²) in [5.74, 6) is 1.02. The molecule has 2 N–H and O–H groups in total. The lowest BCUT2D eigenvalue weighted by molar-refractivity contribution is -0.0913. The third-order valence-corrected chi connectivity index (χ3v) is 2.40. The van der Waals surface area contributed by atoms with Gasteiger partial charge in [-0.2, -0.15) is 0 Å². The smallest absolute Gasteiger partial charge is 0.158 e. The first-order chi connectivity index (χ1) is 4.34. The summed E-state index contributed by atoms with van der Waals surface area (Å²) in [5.41, 5.74) is 0. The van der Waals surface area contributed by atoms with Gasteiger partial charge in [-0.3, -0.25) is 0 Å². The second-order valence-corrected chi connectivity index (χ2v) is 2.81. The van der Waals surface area contributed by atoms with E-state index in [0.717, 1.165) is 0 Å². The van der Waals surface area contributed by atoms with Gasteiger partial charge in [0.15, 0.2) is 6.29 Å². The molecular formula is C6H10O3. The molecular weight excluding hydrogens is 120 g/mol. The molecule has 1 saturated carbocycles. The molecule has 3 heteroatoms. The number of aliphatic hydroxyl groups excluding tert-OH is 2. The standard InChI is InChI=1S/C6H10O3/c7-1-3-4-2-9-6(8)5(3)4/h3-8H,1-2H2/t3-,4+,5-,6-/m0/s1. The van der Waals surface area contributed by atoms with Crippen molar-refractivity contribution in [3.05, 3.63) is 0 Å². The van der Waals surface area contributed by atoms with Crippen LogP contribution in [0.5, 0.6) is 0 Å². The Kier molecular flexibility index (Phi) is 1.06. The van der Waals surface area contributed by atoms with Gasteiger partial charge in [0, 0.05) is 12.5 Å². The number of rotatable bonds is 1. The molecule has 0 radical (unpaired) electrons. The van der Waals surface area contributed by atoms with Crippen molar-refractivity contribution in [2.24, 2.45) is 17.8 Å². The van der Waals surface area contributed by atoms with Gasteiger partial charge in [0.05, 0.1) is 6.61 Å². The van der Waals surface area contributed by atoms with Gasteiger partial charge in [-0.05, 0) is 11.8 Å². The minimum atomic E-state index is -0.591. The summed E-state index contributed by atoms with van der Waals surface area (Å²) < 4.78 is 4.89. The molecule has 0 amide bonds. The van der Waals surface area contributed by atoms with E-state index in [2.05, 4.69) is 0 Å². The highest BCUT2D eigenvalue weighted by Gasteiger charge is 2.58. The molecule has 9 heavy (non-hydrogen) atoms. The SMILES string of the molecule is OC[C@H]1[C@H]2CO[C@H](O)[C@H]21. The number of hydrogen-bond donors (Lipinski definition) is 2. The van der Waals surface area contributed by atoms with Crippen molar-refractivity contribution in [1.29, 1.82) is 0 Å². The van der Waals surface area contributed by atoms with E-state index >= 15 is 0 Å². The largest absolute Gasteiger partial charge is 0.396 e. The lowest BCUT2D eigenvalue weighted by Crippen LogP contribution is -2.13. The molecule has 0 aromatic rings. The van der Waals surface area contributed by atoms with Crippen LogP contribution in [0.2, 0.25) is 0 Å². The van der Waals surface area contributed by atoms with Crippen LogP contribution in [0.25, 0.3) is 0 Å². The Bertz CT molecular complexity index is 121. The van der Waals surface area contributed by atoms with Crippen LogP contribution in [-0.4, -0.2) is 29.7 Å². The Morgan fingerprint density at radius 1 is 1.56 bits per heavy atom. The van der Waals surface area contributed by atoms with Crippen molar-refractivity contribution in [1.82, 2.24) is 0 Å². The van der Waals surface area contributed by atoms with Crippen molar-refractivity contribution in [3.8, 4) is 0 Å². The van der Waals surface area contributed by atoms with Gasteiger partial charge in [0.25, 0.3) is 0 Å². The monoisotopic (exact) mass is 130 g/mol. The highest BCUT2D eigenvalue weighted by molar-refractivity contribution is 5.01. The number of ether oxygens (including phenoxy) is 1. The maximum Gasteiger partial charge on any atom is 0.158 e. The van der Waals surface area contributed by atoms with E-state index in [-0.39, 0.29) is 12.5 Å². The first kappa shape index (κ1) is 5.65. The fourth-order valence-corrected chi connectivity index (χ4v) is 1.71. The molecule has 1 aliphatic heterocycles. The van der Waals surface area contributed by atoms with E-state index < -0.39 is 6.29 Å². The van der Waals surface area contributed by atoms with Crippen molar-refractivity contribution < 1.29 is 14.9 Å². The van der Waals surface area contributed by atoms with Gasteiger partial charge in [-0.15, -0.1) is 0 Å². The lowest BCUT2D eigenvalue weighted by atomic mass is 10.3. The Morgan fingerprint density at radius 2 is 2.33 bits per heavy atom. The molecule has 1 aliphatic carbocycles. The second-order valence-electron chi connectivity index (χ2n) is 2.81. The van der Waals surface area contributed by atoms with E-state index in [9.17, 15) is 0 Å². The predicted molar refractivity (Wildman–Crippen MR) is 29.5 cm³/mol. The van der Waals surface area contributed by atoms with Gasteiger partial charge in [0.1, 0.15) is 0 Å². The summed E-state index contributed by atoms with van der Waals surface area (Å²) in [6, 6.07) is 0. The normalized spacial score (nSPS) is 55.3. The van der Waals surface area contributed by atoms with Gasteiger partial charge >= 0.3 is 0 Å². The Labute approximate surface area is 53.3 Å². The third kappa shape index (κ3) is 0.625. The number of hydrogen-bond acceptors (Lipinski definition) is 3. The molecule has 2 rings (SSSR count). The van der Waals surface area contributed by atoms with Crippen LogP contribution < -0.4 is 0 Å². The summed E-state index contributed by atoms with van der Waals surface area (Å²) >= 11 is 0. The zero-order valence-electron chi connectivity index (χ0n) is 5.03. The average molecular weight is 130 g/mol. The minimum Gasteiger partial charge on any atom is -0.396 e. The Morgan fingerprint density at radius 3 is 2.67 bits per heavy atom. The molecule has 0 aromatic heterocycles. The minimum absolute atomic E-state index is 0.204. The highest BCUT2D eigenvalue weighted by Crippen LogP contribution is 2.52. The Hall–Kier alpha value is -0.120. The molecule has 1 heterocycles. The zero-order valence-corrected chi connectivity index (χ0v) is 5.03. The van der Waals surface area contributed by atoms with E-state index in [1.807, 2.05) is 0 Å². The van der Waals surface area contributed by atoms with Gasteiger partial charge < -0.3 is 14.9 Å². The fraction of sp³-hybridized carbons (Fsp3) is 1.00. The summed E-state index contributed by atoms with van der Waals surface area (Å²) in [7, 11) is 0. The highest BCUT2D eigenvalue weighted by atomic mass is 16.6. The van der Waals surface area contributed by atoms with Gasteiger partial charge in [-0.1, -0.05) is 0 Å². The first-order valence-corrected chi connectivity index (χ1v) is 3.25. The van der Waals surface area contributed by atoms with E-state index in [4.69, 9.17) is 14.9 Å². The van der Waals surface area contributed by atoms with Crippen molar-refractivity contribution in [3.63, 3.8) is 0 Å². The first-order valence-electron chi connectivity index (χ1n) is 3.25. The van der Waals surface area contributed by atoms with E-state index in [1.54, 1.807) is 0 Å². The van der Waals surface area contributed by atoms with Gasteiger partial charge in [0.2, 0.25) is 0 Å². The van der Waals surface area contributed by atoms with Crippen LogP contribution in [0.4, 0.5) is 0 Å². The molecule has 52 valence electrons. The molecule has 0 unspecified atom stereocenters. The van der Waals surface area contributed by atoms with Gasteiger partial charge in [-0.25, -0.2) is 0 Å². The molecule has 2 aliphatic rings. The molecule has 3 nitrogen and oxygen atoms in total. The van der Waals surface area contributed by atoms with Crippen LogP contribution in [0.1, 0.15) is 0 Å². The maximum atomic E-state index is 9.01. The molecule has 0 spiro atoms. The quantitative estimate of drug-likeness (QED) is 0.488. The predicted octanol–water partition coefficient (Wildman–Crippen LogP) is -0.811. The summed E-state index contributed by atoms with van der Waals surface area (Å²) in [6.07, 6.45) is -0.591. The number of fused-ring (bicyclic) bond motifs is 1. The molecule has 4 atom stereocenters. The van der Waals surface area contributed by atoms with E-state index in [1.165, 1.54) is 0 Å². The topological polar surface area (TPSA) is 49.7 Å². The van der Waals surface area contributed by atoms with Crippen molar-refractivity contribution >= 4 is 0 Å². The Balaban J connectivity index is 1.98.